The Morgan fingerprint density at radius 2 is 1.38 bits per heavy atom. The van der Waals surface area contributed by atoms with Crippen molar-refractivity contribution in [3.63, 3.8) is 0 Å². The Morgan fingerprint density at radius 3 is 1.92 bits per heavy atom. The van der Waals surface area contributed by atoms with E-state index in [1.165, 1.54) is 21.8 Å². The average molecular weight is 169 g/mol. The topological polar surface area (TPSA) is 15.8 Å². The number of aromatic nitrogens is 1. The Labute approximate surface area is 76.8 Å². The van der Waals surface area contributed by atoms with E-state index in [4.69, 9.17) is 0 Å². The summed E-state index contributed by atoms with van der Waals surface area (Å²) in [6.07, 6.45) is 15.2. The molecule has 0 saturated heterocycles. The summed E-state index contributed by atoms with van der Waals surface area (Å²) in [5.41, 5.74) is 2.97. The summed E-state index contributed by atoms with van der Waals surface area (Å²) in [6.45, 7) is 0. The normalized spacial score (nSPS) is 17.2. The van der Waals surface area contributed by atoms with E-state index in [9.17, 15) is 0 Å². The number of fused-ring (bicyclic) bond motifs is 3. The SMILES string of the molecule is C1=CCc2c3c([nH]c2=C1)=CC=CC3. The average Bonchev–Trinajstić information content (AvgIpc) is 2.56. The highest BCUT2D eigenvalue weighted by Gasteiger charge is 2.09. The Bertz CT molecular complexity index is 466. The van der Waals surface area contributed by atoms with Gasteiger partial charge in [0.1, 0.15) is 0 Å². The molecule has 0 radical (unpaired) electrons. The van der Waals surface area contributed by atoms with Crippen LogP contribution in [0, 0.1) is 0 Å². The van der Waals surface area contributed by atoms with Crippen LogP contribution in [0.25, 0.3) is 12.2 Å². The van der Waals surface area contributed by atoms with Gasteiger partial charge in [-0.1, -0.05) is 24.3 Å². The van der Waals surface area contributed by atoms with Gasteiger partial charge in [-0.15, -0.1) is 0 Å². The minimum atomic E-state index is 1.08. The van der Waals surface area contributed by atoms with Crippen molar-refractivity contribution in [2.45, 2.75) is 12.8 Å². The van der Waals surface area contributed by atoms with Gasteiger partial charge in [0.2, 0.25) is 0 Å². The molecule has 3 rings (SSSR count). The number of allylic oxidation sites excluding steroid dienone is 4. The number of H-pyrrole nitrogens is 1. The Morgan fingerprint density at radius 1 is 0.846 bits per heavy atom. The fourth-order valence-electron chi connectivity index (χ4n) is 2.07. The number of rotatable bonds is 0. The lowest BCUT2D eigenvalue weighted by atomic mass is 10.0. The van der Waals surface area contributed by atoms with Crippen molar-refractivity contribution >= 4 is 12.2 Å². The van der Waals surface area contributed by atoms with E-state index in [2.05, 4.69) is 41.4 Å². The number of hydrogen-bond donors (Lipinski definition) is 1. The van der Waals surface area contributed by atoms with E-state index in [1.807, 2.05) is 0 Å². The Balaban J connectivity index is 2.39. The second kappa shape index (κ2) is 2.49. The fraction of sp³-hybridized carbons (Fsp3) is 0.167. The van der Waals surface area contributed by atoms with Gasteiger partial charge in [-0.05, 0) is 36.1 Å². The molecule has 0 fully saturated rings. The Kier molecular flexibility index (Phi) is 1.33. The molecule has 1 nitrogen and oxygen atoms in total. The van der Waals surface area contributed by atoms with Gasteiger partial charge in [-0.25, -0.2) is 0 Å². The maximum Gasteiger partial charge on any atom is 0.0423 e. The van der Waals surface area contributed by atoms with Crippen LogP contribution in [0.3, 0.4) is 0 Å². The molecule has 0 amide bonds. The van der Waals surface area contributed by atoms with Crippen molar-refractivity contribution in [3.8, 4) is 0 Å². The molecule has 2 aliphatic carbocycles. The Hall–Kier alpha value is -1.50. The predicted octanol–water partition coefficient (Wildman–Crippen LogP) is 0.800. The first kappa shape index (κ1) is 6.96. The summed E-state index contributed by atoms with van der Waals surface area (Å²) in [4.78, 5) is 3.44. The molecule has 0 saturated carbocycles. The smallest absolute Gasteiger partial charge is 0.0423 e. The van der Waals surface area contributed by atoms with Crippen LogP contribution in [0.1, 0.15) is 11.1 Å². The quantitative estimate of drug-likeness (QED) is 0.591. The third kappa shape index (κ3) is 0.934. The van der Waals surface area contributed by atoms with E-state index in [0.717, 1.165) is 12.8 Å². The van der Waals surface area contributed by atoms with Gasteiger partial charge < -0.3 is 4.98 Å². The molecular weight excluding hydrogens is 158 g/mol. The minimum Gasteiger partial charge on any atom is -0.355 e. The third-order valence-corrected chi connectivity index (χ3v) is 2.73. The van der Waals surface area contributed by atoms with Gasteiger partial charge in [-0.2, -0.15) is 0 Å². The molecule has 1 heteroatoms. The predicted molar refractivity (Wildman–Crippen MR) is 54.7 cm³/mol. The summed E-state index contributed by atoms with van der Waals surface area (Å²) in [6, 6.07) is 0. The number of hydrogen-bond acceptors (Lipinski definition) is 0. The first-order valence-electron chi connectivity index (χ1n) is 4.68. The number of nitrogens with one attached hydrogen (secondary N) is 1. The molecular formula is C12H11N. The van der Waals surface area contributed by atoms with E-state index < -0.39 is 0 Å². The second-order valence-electron chi connectivity index (χ2n) is 3.51. The zero-order valence-electron chi connectivity index (χ0n) is 7.38. The molecule has 1 aromatic heterocycles. The maximum absolute atomic E-state index is 3.44. The highest BCUT2D eigenvalue weighted by atomic mass is 14.7. The molecule has 64 valence electrons. The van der Waals surface area contributed by atoms with Gasteiger partial charge in [0.25, 0.3) is 0 Å². The lowest BCUT2D eigenvalue weighted by Gasteiger charge is -2.02. The molecule has 0 unspecified atom stereocenters. The van der Waals surface area contributed by atoms with Crippen molar-refractivity contribution in [1.82, 2.24) is 4.98 Å². The van der Waals surface area contributed by atoms with Gasteiger partial charge in [-0.3, -0.25) is 0 Å². The molecule has 0 spiro atoms. The van der Waals surface area contributed by atoms with Crippen molar-refractivity contribution in [3.05, 3.63) is 46.1 Å². The summed E-state index contributed by atoms with van der Waals surface area (Å²) in [7, 11) is 0. The first-order chi connectivity index (χ1) is 6.45. The van der Waals surface area contributed by atoms with Crippen molar-refractivity contribution in [2.75, 3.05) is 0 Å². The van der Waals surface area contributed by atoms with Crippen LogP contribution in [0.4, 0.5) is 0 Å². The number of aromatic amines is 1. The van der Waals surface area contributed by atoms with Crippen LogP contribution < -0.4 is 10.7 Å². The van der Waals surface area contributed by atoms with Crippen LogP contribution >= 0.6 is 0 Å². The van der Waals surface area contributed by atoms with Crippen LogP contribution in [0.15, 0.2) is 24.3 Å². The molecule has 1 N–H and O–H groups in total. The monoisotopic (exact) mass is 169 g/mol. The first-order valence-corrected chi connectivity index (χ1v) is 4.68. The highest BCUT2D eigenvalue weighted by Crippen LogP contribution is 2.07. The second-order valence-corrected chi connectivity index (χ2v) is 3.51. The standard InChI is InChI=1S/C12H11N/c1-3-7-11-9(5-1)10-6-2-4-8-12(10)13-11/h1-4,7-8,13H,5-6H2. The van der Waals surface area contributed by atoms with Gasteiger partial charge in [0.15, 0.2) is 0 Å². The zero-order chi connectivity index (χ0) is 8.67. The van der Waals surface area contributed by atoms with E-state index in [1.54, 1.807) is 0 Å². The molecule has 0 bridgehead atoms. The molecule has 1 heterocycles. The summed E-state index contributed by atoms with van der Waals surface area (Å²) < 4.78 is 0. The minimum absolute atomic E-state index is 1.08. The molecule has 1 aromatic rings. The summed E-state index contributed by atoms with van der Waals surface area (Å²) in [5, 5.41) is 2.60. The van der Waals surface area contributed by atoms with E-state index >= 15 is 0 Å². The van der Waals surface area contributed by atoms with Gasteiger partial charge in [0, 0.05) is 10.7 Å². The van der Waals surface area contributed by atoms with Crippen LogP contribution in [-0.4, -0.2) is 4.98 Å². The van der Waals surface area contributed by atoms with Gasteiger partial charge in [0.05, 0.1) is 0 Å². The van der Waals surface area contributed by atoms with Crippen molar-refractivity contribution < 1.29 is 0 Å². The van der Waals surface area contributed by atoms with Crippen molar-refractivity contribution in [1.29, 1.82) is 0 Å². The fourth-order valence-corrected chi connectivity index (χ4v) is 2.07. The zero-order valence-corrected chi connectivity index (χ0v) is 7.38. The van der Waals surface area contributed by atoms with E-state index in [0.29, 0.717) is 0 Å². The maximum atomic E-state index is 3.44. The van der Waals surface area contributed by atoms with Crippen LogP contribution in [-0.2, 0) is 12.8 Å². The van der Waals surface area contributed by atoms with Crippen LogP contribution in [0.2, 0.25) is 0 Å². The lowest BCUT2D eigenvalue weighted by Crippen LogP contribution is -2.12. The van der Waals surface area contributed by atoms with E-state index in [-0.39, 0.29) is 0 Å². The largest absolute Gasteiger partial charge is 0.355 e. The molecule has 13 heavy (non-hydrogen) atoms. The van der Waals surface area contributed by atoms with Gasteiger partial charge >= 0.3 is 0 Å². The molecule has 0 aromatic carbocycles. The summed E-state index contributed by atoms with van der Waals surface area (Å²) >= 11 is 0. The molecule has 2 aliphatic rings. The highest BCUT2D eigenvalue weighted by molar-refractivity contribution is 5.51. The summed E-state index contributed by atoms with van der Waals surface area (Å²) in [5.74, 6) is 0. The molecule has 0 atom stereocenters. The van der Waals surface area contributed by atoms with Crippen molar-refractivity contribution in [2.24, 2.45) is 0 Å². The third-order valence-electron chi connectivity index (χ3n) is 2.73. The molecule has 0 aliphatic heterocycles. The lowest BCUT2D eigenvalue weighted by molar-refractivity contribution is 1.14. The van der Waals surface area contributed by atoms with Crippen LogP contribution in [0.5, 0.6) is 0 Å².